The largest absolute Gasteiger partial charge is 0.478 e. The van der Waals surface area contributed by atoms with Crippen LogP contribution in [0.3, 0.4) is 0 Å². The van der Waals surface area contributed by atoms with Crippen LogP contribution in [-0.2, 0) is 6.54 Å². The van der Waals surface area contributed by atoms with E-state index in [1.807, 2.05) is 22.5 Å². The van der Waals surface area contributed by atoms with E-state index in [1.165, 1.54) is 32.1 Å². The lowest BCUT2D eigenvalue weighted by Gasteiger charge is -2.35. The molecule has 6 heteroatoms. The number of aromatic nitrogens is 3. The Hall–Kier alpha value is -1.56. The molecule has 0 atom stereocenters. The van der Waals surface area contributed by atoms with Crippen LogP contribution >= 0.6 is 11.8 Å². The molecule has 1 fully saturated rings. The molecule has 0 saturated heterocycles. The van der Waals surface area contributed by atoms with Gasteiger partial charge in [0.15, 0.2) is 0 Å². The number of nitrogens with zero attached hydrogens (tertiary/aromatic N) is 3. The quantitative estimate of drug-likeness (QED) is 0.939. The topological polar surface area (TPSA) is 68.0 Å². The first-order chi connectivity index (χ1) is 10.1. The van der Waals surface area contributed by atoms with Crippen molar-refractivity contribution in [2.75, 3.05) is 6.26 Å². The number of thioether (sulfide) groups is 1. The van der Waals surface area contributed by atoms with Gasteiger partial charge in [0.2, 0.25) is 0 Å². The monoisotopic (exact) mass is 305 g/mol. The standard InChI is InChI=1S/C15H19N3O2S/c1-21-15(7-3-2-4-8-15)10-18-13-6-5-11(14(19)20)9-12(13)16-17-18/h5-6,9H,2-4,7-8,10H2,1H3,(H,19,20). The molecule has 1 heterocycles. The fraction of sp³-hybridized carbons (Fsp3) is 0.533. The molecule has 1 N–H and O–H groups in total. The second-order valence-corrected chi connectivity index (χ2v) is 6.98. The van der Waals surface area contributed by atoms with E-state index in [4.69, 9.17) is 5.11 Å². The summed E-state index contributed by atoms with van der Waals surface area (Å²) in [7, 11) is 0. The van der Waals surface area contributed by atoms with Crippen molar-refractivity contribution in [2.45, 2.75) is 43.4 Å². The van der Waals surface area contributed by atoms with Gasteiger partial charge in [0.1, 0.15) is 5.52 Å². The Bertz CT molecular complexity index is 662. The fourth-order valence-corrected chi connectivity index (χ4v) is 4.07. The SMILES string of the molecule is CSC1(Cn2nnc3cc(C(=O)O)ccc32)CCCCC1. The molecule has 1 aliphatic carbocycles. The van der Waals surface area contributed by atoms with E-state index in [1.54, 1.807) is 12.1 Å². The van der Waals surface area contributed by atoms with Crippen molar-refractivity contribution in [3.8, 4) is 0 Å². The molecule has 21 heavy (non-hydrogen) atoms. The summed E-state index contributed by atoms with van der Waals surface area (Å²) >= 11 is 1.93. The van der Waals surface area contributed by atoms with Gasteiger partial charge in [-0.1, -0.05) is 24.5 Å². The number of carbonyl (C=O) groups is 1. The third-order valence-corrected chi connectivity index (χ3v) is 5.80. The molecule has 0 radical (unpaired) electrons. The predicted octanol–water partition coefficient (Wildman–Crippen LogP) is 3.20. The van der Waals surface area contributed by atoms with Gasteiger partial charge in [-0.15, -0.1) is 5.10 Å². The highest BCUT2D eigenvalue weighted by Gasteiger charge is 2.32. The molecule has 5 nitrogen and oxygen atoms in total. The molecule has 0 spiro atoms. The maximum atomic E-state index is 11.0. The van der Waals surface area contributed by atoms with Crippen LogP contribution in [0.15, 0.2) is 18.2 Å². The highest BCUT2D eigenvalue weighted by molar-refractivity contribution is 8.00. The summed E-state index contributed by atoms with van der Waals surface area (Å²) in [6.07, 6.45) is 8.47. The third kappa shape index (κ3) is 2.77. The van der Waals surface area contributed by atoms with Crippen molar-refractivity contribution < 1.29 is 9.90 Å². The molecule has 0 aliphatic heterocycles. The van der Waals surface area contributed by atoms with Gasteiger partial charge < -0.3 is 5.11 Å². The normalized spacial score (nSPS) is 18.0. The summed E-state index contributed by atoms with van der Waals surface area (Å²) in [4.78, 5) is 11.0. The van der Waals surface area contributed by atoms with Crippen LogP contribution in [-0.4, -0.2) is 37.1 Å². The van der Waals surface area contributed by atoms with Gasteiger partial charge in [-0.05, 0) is 37.3 Å². The number of carboxylic acid groups (broad SMARTS) is 1. The van der Waals surface area contributed by atoms with Crippen molar-refractivity contribution in [3.05, 3.63) is 23.8 Å². The zero-order valence-electron chi connectivity index (χ0n) is 12.1. The van der Waals surface area contributed by atoms with Crippen LogP contribution in [0, 0.1) is 0 Å². The lowest BCUT2D eigenvalue weighted by Crippen LogP contribution is -2.33. The fourth-order valence-electron chi connectivity index (χ4n) is 3.12. The summed E-state index contributed by atoms with van der Waals surface area (Å²) in [5.41, 5.74) is 1.83. The average molecular weight is 305 g/mol. The number of hydrogen-bond donors (Lipinski definition) is 1. The van der Waals surface area contributed by atoms with Crippen molar-refractivity contribution in [3.63, 3.8) is 0 Å². The molecule has 1 saturated carbocycles. The molecule has 0 bridgehead atoms. The second-order valence-electron chi connectivity index (χ2n) is 5.70. The van der Waals surface area contributed by atoms with E-state index in [2.05, 4.69) is 16.6 Å². The summed E-state index contributed by atoms with van der Waals surface area (Å²) in [6.45, 7) is 0.844. The minimum absolute atomic E-state index is 0.240. The lowest BCUT2D eigenvalue weighted by atomic mass is 9.88. The zero-order chi connectivity index (χ0) is 14.9. The molecule has 2 aromatic rings. The van der Waals surface area contributed by atoms with Crippen LogP contribution in [0.5, 0.6) is 0 Å². The van der Waals surface area contributed by atoms with E-state index >= 15 is 0 Å². The molecular formula is C15H19N3O2S. The van der Waals surface area contributed by atoms with Crippen LogP contribution in [0.1, 0.15) is 42.5 Å². The summed E-state index contributed by atoms with van der Waals surface area (Å²) in [5, 5.41) is 17.4. The Balaban J connectivity index is 1.92. The zero-order valence-corrected chi connectivity index (χ0v) is 12.9. The highest BCUT2D eigenvalue weighted by Crippen LogP contribution is 2.40. The Morgan fingerprint density at radius 2 is 2.14 bits per heavy atom. The molecular weight excluding hydrogens is 286 g/mol. The van der Waals surface area contributed by atoms with Gasteiger partial charge in [-0.3, -0.25) is 0 Å². The minimum Gasteiger partial charge on any atom is -0.478 e. The van der Waals surface area contributed by atoms with E-state index in [0.717, 1.165) is 12.1 Å². The number of carboxylic acids is 1. The van der Waals surface area contributed by atoms with E-state index in [0.29, 0.717) is 5.52 Å². The van der Waals surface area contributed by atoms with Crippen molar-refractivity contribution in [2.24, 2.45) is 0 Å². The maximum absolute atomic E-state index is 11.0. The molecule has 1 aromatic carbocycles. The smallest absolute Gasteiger partial charge is 0.335 e. The number of aromatic carboxylic acids is 1. The number of hydrogen-bond acceptors (Lipinski definition) is 4. The molecule has 0 amide bonds. The summed E-state index contributed by atoms with van der Waals surface area (Å²) < 4.78 is 2.17. The predicted molar refractivity (Wildman–Crippen MR) is 83.8 cm³/mol. The van der Waals surface area contributed by atoms with Gasteiger partial charge in [-0.25, -0.2) is 9.48 Å². The molecule has 112 valence electrons. The van der Waals surface area contributed by atoms with Crippen LogP contribution in [0.25, 0.3) is 11.0 Å². The van der Waals surface area contributed by atoms with E-state index in [9.17, 15) is 4.79 Å². The van der Waals surface area contributed by atoms with E-state index < -0.39 is 5.97 Å². The Morgan fingerprint density at radius 3 is 2.81 bits per heavy atom. The van der Waals surface area contributed by atoms with Gasteiger partial charge in [-0.2, -0.15) is 11.8 Å². The third-order valence-electron chi connectivity index (χ3n) is 4.40. The van der Waals surface area contributed by atoms with Crippen molar-refractivity contribution in [1.29, 1.82) is 0 Å². The molecule has 3 rings (SSSR count). The molecule has 1 aromatic heterocycles. The van der Waals surface area contributed by atoms with Crippen LogP contribution in [0.2, 0.25) is 0 Å². The van der Waals surface area contributed by atoms with E-state index in [-0.39, 0.29) is 10.3 Å². The average Bonchev–Trinajstić information content (AvgIpc) is 2.90. The number of benzene rings is 1. The summed E-state index contributed by atoms with van der Waals surface area (Å²) in [6, 6.07) is 5.03. The van der Waals surface area contributed by atoms with Gasteiger partial charge in [0.05, 0.1) is 17.6 Å². The first kappa shape index (κ1) is 14.4. The lowest BCUT2D eigenvalue weighted by molar-refractivity contribution is 0.0697. The van der Waals surface area contributed by atoms with Crippen LogP contribution in [0.4, 0.5) is 0 Å². The molecule has 0 unspecified atom stereocenters. The van der Waals surface area contributed by atoms with Crippen LogP contribution < -0.4 is 0 Å². The van der Waals surface area contributed by atoms with Gasteiger partial charge in [0, 0.05) is 4.75 Å². The van der Waals surface area contributed by atoms with Crippen molar-refractivity contribution >= 4 is 28.8 Å². The maximum Gasteiger partial charge on any atom is 0.335 e. The minimum atomic E-state index is -0.931. The van der Waals surface area contributed by atoms with Crippen molar-refractivity contribution in [1.82, 2.24) is 15.0 Å². The highest BCUT2D eigenvalue weighted by atomic mass is 32.2. The number of rotatable bonds is 4. The van der Waals surface area contributed by atoms with Gasteiger partial charge in [0.25, 0.3) is 0 Å². The first-order valence-electron chi connectivity index (χ1n) is 7.25. The molecule has 1 aliphatic rings. The first-order valence-corrected chi connectivity index (χ1v) is 8.48. The Morgan fingerprint density at radius 1 is 1.38 bits per heavy atom. The Kier molecular flexibility index (Phi) is 3.89. The van der Waals surface area contributed by atoms with Gasteiger partial charge >= 0.3 is 5.97 Å². The Labute approximate surface area is 127 Å². The summed E-state index contributed by atoms with van der Waals surface area (Å²) in [5.74, 6) is -0.931. The second kappa shape index (κ2) is 5.67. The number of fused-ring (bicyclic) bond motifs is 1.